The van der Waals surface area contributed by atoms with Gasteiger partial charge < -0.3 is 15.0 Å². The molecule has 0 amide bonds. The van der Waals surface area contributed by atoms with Crippen LogP contribution in [-0.4, -0.2) is 70.1 Å². The second-order valence-electron chi connectivity index (χ2n) is 9.35. The van der Waals surface area contributed by atoms with Crippen LogP contribution in [0.1, 0.15) is 16.1 Å². The molecule has 0 aliphatic carbocycles. The third-order valence-electron chi connectivity index (χ3n) is 6.71. The Balaban J connectivity index is 1.20. The maximum absolute atomic E-state index is 12.6. The number of carbonyl (C=O) groups excluding carboxylic acids is 1. The Morgan fingerprint density at radius 3 is 2.82 bits per heavy atom. The summed E-state index contributed by atoms with van der Waals surface area (Å²) in [6.45, 7) is 7.08. The van der Waals surface area contributed by atoms with Gasteiger partial charge in [0.25, 0.3) is 0 Å². The highest BCUT2D eigenvalue weighted by atomic mass is 32.1. The second-order valence-corrected chi connectivity index (χ2v) is 10.3. The van der Waals surface area contributed by atoms with E-state index in [-0.39, 0.29) is 5.97 Å². The van der Waals surface area contributed by atoms with Gasteiger partial charge >= 0.3 is 5.97 Å². The second kappa shape index (κ2) is 10.8. The number of nitrogens with one attached hydrogen (secondary N) is 2. The van der Waals surface area contributed by atoms with Crippen molar-refractivity contribution in [2.45, 2.75) is 6.92 Å². The fourth-order valence-electron chi connectivity index (χ4n) is 4.68. The average Bonchev–Trinajstić information content (AvgIpc) is 3.64. The van der Waals surface area contributed by atoms with E-state index in [0.717, 1.165) is 82.4 Å². The van der Waals surface area contributed by atoms with Gasteiger partial charge in [0, 0.05) is 71.4 Å². The zero-order valence-corrected chi connectivity index (χ0v) is 21.9. The molecule has 1 aromatic carbocycles. The van der Waals surface area contributed by atoms with Crippen LogP contribution in [0.2, 0.25) is 0 Å². The molecule has 9 heteroatoms. The zero-order valence-electron chi connectivity index (χ0n) is 21.1. The van der Waals surface area contributed by atoms with Crippen LogP contribution in [0.5, 0.6) is 0 Å². The number of piperazine rings is 1. The summed E-state index contributed by atoms with van der Waals surface area (Å²) < 4.78 is 5.54. The van der Waals surface area contributed by atoms with Gasteiger partial charge in [-0.1, -0.05) is 12.1 Å². The van der Waals surface area contributed by atoms with Crippen molar-refractivity contribution in [1.82, 2.24) is 30.2 Å². The van der Waals surface area contributed by atoms with E-state index in [2.05, 4.69) is 42.3 Å². The molecule has 192 valence electrons. The van der Waals surface area contributed by atoms with E-state index >= 15 is 0 Å². The number of imidazole rings is 1. The van der Waals surface area contributed by atoms with Gasteiger partial charge in [-0.2, -0.15) is 0 Å². The Labute approximate surface area is 224 Å². The normalized spacial score (nSPS) is 14.1. The predicted molar refractivity (Wildman–Crippen MR) is 150 cm³/mol. The Hall–Kier alpha value is -3.92. The van der Waals surface area contributed by atoms with Crippen LogP contribution in [0, 0.1) is 6.92 Å². The van der Waals surface area contributed by atoms with Gasteiger partial charge in [0.1, 0.15) is 6.61 Å². The number of ether oxygens (including phenoxy) is 1. The molecule has 1 aliphatic rings. The van der Waals surface area contributed by atoms with Crippen LogP contribution in [0.25, 0.3) is 44.0 Å². The molecular formula is C29H28N6O2S. The van der Waals surface area contributed by atoms with Crippen LogP contribution < -0.4 is 5.32 Å². The molecule has 8 nitrogen and oxygen atoms in total. The quantitative estimate of drug-likeness (QED) is 0.296. The molecule has 5 aromatic rings. The average molecular weight is 525 g/mol. The van der Waals surface area contributed by atoms with E-state index in [4.69, 9.17) is 4.74 Å². The van der Waals surface area contributed by atoms with Crippen molar-refractivity contribution < 1.29 is 9.53 Å². The van der Waals surface area contributed by atoms with E-state index in [1.165, 1.54) is 11.3 Å². The number of H-pyrrole nitrogens is 1. The minimum Gasteiger partial charge on any atom is -0.461 e. The molecule has 6 rings (SSSR count). The van der Waals surface area contributed by atoms with Crippen molar-refractivity contribution in [3.05, 3.63) is 77.7 Å². The number of aromatic nitrogens is 4. The van der Waals surface area contributed by atoms with E-state index in [1.54, 1.807) is 6.33 Å². The van der Waals surface area contributed by atoms with Crippen LogP contribution in [-0.2, 0) is 4.74 Å². The van der Waals surface area contributed by atoms with Crippen LogP contribution in [0.4, 0.5) is 0 Å². The summed E-state index contributed by atoms with van der Waals surface area (Å²) in [5.41, 5.74) is 6.95. The van der Waals surface area contributed by atoms with Crippen molar-refractivity contribution in [3.63, 3.8) is 0 Å². The van der Waals surface area contributed by atoms with Crippen molar-refractivity contribution in [2.24, 2.45) is 0 Å². The topological polar surface area (TPSA) is 96.0 Å². The summed E-state index contributed by atoms with van der Waals surface area (Å²) in [6, 6.07) is 16.1. The predicted octanol–water partition coefficient (Wildman–Crippen LogP) is 4.79. The fraction of sp³-hybridized carbons (Fsp3) is 0.241. The van der Waals surface area contributed by atoms with E-state index in [9.17, 15) is 4.79 Å². The van der Waals surface area contributed by atoms with Crippen LogP contribution in [0.3, 0.4) is 0 Å². The van der Waals surface area contributed by atoms with Crippen molar-refractivity contribution in [3.8, 4) is 33.1 Å². The minimum atomic E-state index is -0.283. The van der Waals surface area contributed by atoms with Gasteiger partial charge in [0.15, 0.2) is 0 Å². The lowest BCUT2D eigenvalue weighted by Crippen LogP contribution is -2.44. The lowest BCUT2D eigenvalue weighted by atomic mass is 10.0. The lowest BCUT2D eigenvalue weighted by molar-refractivity contribution is 0.0456. The minimum absolute atomic E-state index is 0.283. The molecular weight excluding hydrogens is 496 g/mol. The third-order valence-corrected chi connectivity index (χ3v) is 7.69. The number of benzene rings is 1. The molecule has 1 aliphatic heterocycles. The van der Waals surface area contributed by atoms with Crippen molar-refractivity contribution in [2.75, 3.05) is 39.3 Å². The number of rotatable bonds is 7. The Morgan fingerprint density at radius 1 is 1.08 bits per heavy atom. The molecule has 0 unspecified atom stereocenters. The lowest BCUT2D eigenvalue weighted by Gasteiger charge is -2.26. The largest absolute Gasteiger partial charge is 0.461 e. The first-order valence-electron chi connectivity index (χ1n) is 12.7. The summed E-state index contributed by atoms with van der Waals surface area (Å²) in [5.74, 6) is -0.283. The number of aromatic amines is 1. The molecule has 0 radical (unpaired) electrons. The molecule has 0 atom stereocenters. The number of pyridine rings is 2. The van der Waals surface area contributed by atoms with E-state index in [1.807, 2.05) is 54.9 Å². The first kappa shape index (κ1) is 24.4. The number of hydrogen-bond acceptors (Lipinski definition) is 8. The van der Waals surface area contributed by atoms with Gasteiger partial charge in [0.2, 0.25) is 0 Å². The molecule has 5 heterocycles. The maximum Gasteiger partial charge on any atom is 0.339 e. The number of hydrogen-bond donors (Lipinski definition) is 2. The molecule has 4 aromatic heterocycles. The van der Waals surface area contributed by atoms with Crippen molar-refractivity contribution in [1.29, 1.82) is 0 Å². The van der Waals surface area contributed by atoms with Gasteiger partial charge in [-0.25, -0.2) is 9.78 Å². The van der Waals surface area contributed by atoms with Crippen LogP contribution >= 0.6 is 11.3 Å². The number of esters is 1. The maximum atomic E-state index is 12.6. The highest BCUT2D eigenvalue weighted by Crippen LogP contribution is 2.33. The molecule has 0 spiro atoms. The van der Waals surface area contributed by atoms with Crippen LogP contribution in [0.15, 0.2) is 66.4 Å². The summed E-state index contributed by atoms with van der Waals surface area (Å²) in [4.78, 5) is 33.0. The van der Waals surface area contributed by atoms with E-state index in [0.29, 0.717) is 12.2 Å². The molecule has 38 heavy (non-hydrogen) atoms. The van der Waals surface area contributed by atoms with Gasteiger partial charge in [0.05, 0.1) is 34.5 Å². The standard InChI is InChI=1S/C29H28N6O2S/c1-19-3-2-4-25(34-19)28-27(32-18-33-28)20-5-6-24-21(13-20)14-22(16-31-24)26-15-23(17-38-26)29(36)37-12-11-35-9-7-30-8-10-35/h2-6,13-18,30H,7-12H2,1H3,(H,32,33). The number of thiophene rings is 1. The van der Waals surface area contributed by atoms with Gasteiger partial charge in [-0.3, -0.25) is 14.9 Å². The molecule has 0 saturated carbocycles. The first-order valence-corrected chi connectivity index (χ1v) is 13.6. The first-order chi connectivity index (χ1) is 18.6. The SMILES string of the molecule is Cc1cccc(-c2[nH]cnc2-c2ccc3ncc(-c4cc(C(=O)OCCN5CCNCC5)cs4)cc3c2)n1. The summed E-state index contributed by atoms with van der Waals surface area (Å²) in [7, 11) is 0. The Bertz CT molecular complexity index is 1590. The monoisotopic (exact) mass is 524 g/mol. The third kappa shape index (κ3) is 5.22. The van der Waals surface area contributed by atoms with Crippen molar-refractivity contribution >= 4 is 28.2 Å². The Morgan fingerprint density at radius 2 is 1.95 bits per heavy atom. The summed E-state index contributed by atoms with van der Waals surface area (Å²) in [6.07, 6.45) is 3.55. The molecule has 2 N–H and O–H groups in total. The molecule has 1 saturated heterocycles. The highest BCUT2D eigenvalue weighted by Gasteiger charge is 2.16. The smallest absolute Gasteiger partial charge is 0.339 e. The number of carbonyl (C=O) groups is 1. The van der Waals surface area contributed by atoms with E-state index < -0.39 is 0 Å². The highest BCUT2D eigenvalue weighted by molar-refractivity contribution is 7.13. The number of fused-ring (bicyclic) bond motifs is 1. The molecule has 0 bridgehead atoms. The molecule has 1 fully saturated rings. The summed E-state index contributed by atoms with van der Waals surface area (Å²) >= 11 is 1.52. The number of aryl methyl sites for hydroxylation is 1. The summed E-state index contributed by atoms with van der Waals surface area (Å²) in [5, 5.41) is 6.18. The zero-order chi connectivity index (χ0) is 25.9. The van der Waals surface area contributed by atoms with Gasteiger partial charge in [-0.15, -0.1) is 11.3 Å². The van der Waals surface area contributed by atoms with Gasteiger partial charge in [-0.05, 0) is 43.3 Å². The fourth-order valence-corrected chi connectivity index (χ4v) is 5.55. The number of nitrogens with zero attached hydrogens (tertiary/aromatic N) is 4. The Kier molecular flexibility index (Phi) is 6.96.